The van der Waals surface area contributed by atoms with Crippen LogP contribution in [0.3, 0.4) is 0 Å². The number of aryl methyl sites for hydroxylation is 1. The van der Waals surface area contributed by atoms with Crippen molar-refractivity contribution in [3.05, 3.63) is 47.5 Å². The van der Waals surface area contributed by atoms with Crippen molar-refractivity contribution in [3.63, 3.8) is 0 Å². The third-order valence-electron chi connectivity index (χ3n) is 3.66. The van der Waals surface area contributed by atoms with Gasteiger partial charge in [0.1, 0.15) is 11.6 Å². The molecule has 1 aliphatic heterocycles. The molecule has 2 N–H and O–H groups in total. The Labute approximate surface area is 135 Å². The van der Waals surface area contributed by atoms with Crippen LogP contribution in [0.1, 0.15) is 23.6 Å². The largest absolute Gasteiger partial charge is 0.338 e. The van der Waals surface area contributed by atoms with E-state index in [0.717, 1.165) is 36.6 Å². The molecule has 0 aliphatic carbocycles. The van der Waals surface area contributed by atoms with Gasteiger partial charge in [0, 0.05) is 31.5 Å². The van der Waals surface area contributed by atoms with Gasteiger partial charge in [-0.3, -0.25) is 0 Å². The van der Waals surface area contributed by atoms with Crippen LogP contribution in [-0.4, -0.2) is 33.9 Å². The molecule has 6 heteroatoms. The van der Waals surface area contributed by atoms with E-state index in [0.29, 0.717) is 19.5 Å². The lowest BCUT2D eigenvalue weighted by atomic mass is 10.2. The first-order valence-electron chi connectivity index (χ1n) is 7.79. The Kier molecular flexibility index (Phi) is 4.89. The molecule has 1 aromatic heterocycles. The maximum Gasteiger partial charge on any atom is 0.315 e. The van der Waals surface area contributed by atoms with E-state index in [-0.39, 0.29) is 6.03 Å². The molecule has 1 aliphatic rings. The van der Waals surface area contributed by atoms with Crippen LogP contribution < -0.4 is 10.6 Å². The number of amides is 2. The maximum absolute atomic E-state index is 11.7. The average Bonchev–Trinajstić information content (AvgIpc) is 3.17. The summed E-state index contributed by atoms with van der Waals surface area (Å²) in [5.41, 5.74) is 0.940. The predicted octanol–water partition coefficient (Wildman–Crippen LogP) is 1.12. The first-order valence-corrected chi connectivity index (χ1v) is 7.79. The van der Waals surface area contributed by atoms with E-state index >= 15 is 0 Å². The lowest BCUT2D eigenvalue weighted by Crippen LogP contribution is -2.37. The summed E-state index contributed by atoms with van der Waals surface area (Å²) in [5, 5.41) is 13.8. The fourth-order valence-electron chi connectivity index (χ4n) is 2.54. The minimum atomic E-state index is -0.214. The summed E-state index contributed by atoms with van der Waals surface area (Å²) in [6.45, 7) is 1.84. The molecule has 0 fully saturated rings. The van der Waals surface area contributed by atoms with Gasteiger partial charge in [-0.05, 0) is 18.6 Å². The first kappa shape index (κ1) is 15.1. The maximum atomic E-state index is 11.7. The molecule has 23 heavy (non-hydrogen) atoms. The van der Waals surface area contributed by atoms with E-state index in [1.54, 1.807) is 0 Å². The quantitative estimate of drug-likeness (QED) is 0.831. The van der Waals surface area contributed by atoms with Crippen LogP contribution in [0.25, 0.3) is 0 Å². The number of carbonyl (C=O) groups excluding carboxylic acids is 1. The molecule has 6 nitrogen and oxygen atoms in total. The number of carbonyl (C=O) groups is 1. The Balaban J connectivity index is 1.36. The van der Waals surface area contributed by atoms with Gasteiger partial charge in [0.25, 0.3) is 0 Å². The number of benzene rings is 1. The normalized spacial score (nSPS) is 12.2. The summed E-state index contributed by atoms with van der Waals surface area (Å²) >= 11 is 0. The highest BCUT2D eigenvalue weighted by molar-refractivity contribution is 5.74. The molecule has 0 radical (unpaired) electrons. The van der Waals surface area contributed by atoms with Crippen molar-refractivity contribution in [3.8, 4) is 11.8 Å². The second kappa shape index (κ2) is 7.45. The molecule has 0 spiro atoms. The van der Waals surface area contributed by atoms with Gasteiger partial charge < -0.3 is 15.2 Å². The molecule has 3 rings (SSSR count). The Morgan fingerprint density at radius 1 is 1.22 bits per heavy atom. The Bertz CT molecular complexity index is 726. The van der Waals surface area contributed by atoms with Gasteiger partial charge in [-0.1, -0.05) is 30.0 Å². The first-order chi connectivity index (χ1) is 11.3. The molecular weight excluding hydrogens is 290 g/mol. The fraction of sp³-hybridized carbons (Fsp3) is 0.353. The summed E-state index contributed by atoms with van der Waals surface area (Å²) < 4.78 is 2.14. The third-order valence-corrected chi connectivity index (χ3v) is 3.66. The van der Waals surface area contributed by atoms with Crippen molar-refractivity contribution in [2.75, 3.05) is 13.1 Å². The van der Waals surface area contributed by atoms with Crippen LogP contribution >= 0.6 is 0 Å². The number of nitrogens with one attached hydrogen (secondary N) is 2. The van der Waals surface area contributed by atoms with E-state index in [9.17, 15) is 4.79 Å². The number of hydrogen-bond acceptors (Lipinski definition) is 3. The number of fused-ring (bicyclic) bond motifs is 1. The third kappa shape index (κ3) is 4.10. The molecular formula is C17H19N5O. The lowest BCUT2D eigenvalue weighted by Gasteiger charge is -2.05. The van der Waals surface area contributed by atoms with Crippen molar-refractivity contribution in [1.82, 2.24) is 25.4 Å². The SMILES string of the molecule is O=C(NCC#Cc1ccccc1)NCCc1nnc2n1CCC2. The second-order valence-corrected chi connectivity index (χ2v) is 5.31. The minimum absolute atomic E-state index is 0.214. The van der Waals surface area contributed by atoms with E-state index < -0.39 is 0 Å². The van der Waals surface area contributed by atoms with Crippen LogP contribution in [0.5, 0.6) is 0 Å². The van der Waals surface area contributed by atoms with Gasteiger partial charge in [0.05, 0.1) is 6.54 Å². The van der Waals surface area contributed by atoms with E-state index in [1.165, 1.54) is 0 Å². The lowest BCUT2D eigenvalue weighted by molar-refractivity contribution is 0.242. The van der Waals surface area contributed by atoms with Crippen LogP contribution in [0.15, 0.2) is 30.3 Å². The van der Waals surface area contributed by atoms with Crippen molar-refractivity contribution >= 4 is 6.03 Å². The second-order valence-electron chi connectivity index (χ2n) is 5.31. The molecule has 118 valence electrons. The summed E-state index contributed by atoms with van der Waals surface area (Å²) in [6, 6.07) is 9.47. The molecule has 2 heterocycles. The molecule has 0 atom stereocenters. The number of urea groups is 1. The summed E-state index contributed by atoms with van der Waals surface area (Å²) in [6.07, 6.45) is 2.82. The number of rotatable bonds is 4. The average molecular weight is 309 g/mol. The zero-order valence-electron chi connectivity index (χ0n) is 12.9. The van der Waals surface area contributed by atoms with Crippen LogP contribution in [0, 0.1) is 11.8 Å². The standard InChI is InChI=1S/C17H19N5O/c23-17(18-11-4-8-14-6-2-1-3-7-14)19-12-10-16-21-20-15-9-5-13-22(15)16/h1-3,6-7H,5,9-13H2,(H2,18,19,23). The smallest absolute Gasteiger partial charge is 0.315 e. The summed E-state index contributed by atoms with van der Waals surface area (Å²) in [7, 11) is 0. The zero-order valence-corrected chi connectivity index (χ0v) is 12.9. The summed E-state index contributed by atoms with van der Waals surface area (Å²) in [4.78, 5) is 11.7. The topological polar surface area (TPSA) is 71.8 Å². The predicted molar refractivity (Wildman–Crippen MR) is 86.8 cm³/mol. The highest BCUT2D eigenvalue weighted by atomic mass is 16.2. The monoisotopic (exact) mass is 309 g/mol. The van der Waals surface area contributed by atoms with Crippen LogP contribution in [0.4, 0.5) is 4.79 Å². The van der Waals surface area contributed by atoms with Gasteiger partial charge in [-0.25, -0.2) is 4.79 Å². The fourth-order valence-corrected chi connectivity index (χ4v) is 2.54. The van der Waals surface area contributed by atoms with Gasteiger partial charge in [-0.2, -0.15) is 0 Å². The van der Waals surface area contributed by atoms with Gasteiger partial charge in [0.15, 0.2) is 0 Å². The Morgan fingerprint density at radius 2 is 2.09 bits per heavy atom. The van der Waals surface area contributed by atoms with Gasteiger partial charge in [-0.15, -0.1) is 10.2 Å². The van der Waals surface area contributed by atoms with E-state index in [1.807, 2.05) is 30.3 Å². The molecule has 1 aromatic carbocycles. The molecule has 0 saturated carbocycles. The molecule has 2 aromatic rings. The van der Waals surface area contributed by atoms with Gasteiger partial charge >= 0.3 is 6.03 Å². The van der Waals surface area contributed by atoms with E-state index in [2.05, 4.69) is 37.2 Å². The number of aromatic nitrogens is 3. The number of nitrogens with zero attached hydrogens (tertiary/aromatic N) is 3. The number of hydrogen-bond donors (Lipinski definition) is 2. The van der Waals surface area contributed by atoms with Crippen molar-refractivity contribution in [1.29, 1.82) is 0 Å². The van der Waals surface area contributed by atoms with Crippen molar-refractivity contribution < 1.29 is 4.79 Å². The van der Waals surface area contributed by atoms with E-state index in [4.69, 9.17) is 0 Å². The molecule has 2 amide bonds. The van der Waals surface area contributed by atoms with Crippen LogP contribution in [-0.2, 0) is 19.4 Å². The van der Waals surface area contributed by atoms with Gasteiger partial charge in [0.2, 0.25) is 0 Å². The highest BCUT2D eigenvalue weighted by Gasteiger charge is 2.16. The van der Waals surface area contributed by atoms with Crippen LogP contribution in [0.2, 0.25) is 0 Å². The van der Waals surface area contributed by atoms with Crippen molar-refractivity contribution in [2.45, 2.75) is 25.8 Å². The minimum Gasteiger partial charge on any atom is -0.338 e. The molecule has 0 bridgehead atoms. The zero-order chi connectivity index (χ0) is 15.9. The summed E-state index contributed by atoms with van der Waals surface area (Å²) in [5.74, 6) is 7.92. The molecule has 0 unspecified atom stereocenters. The molecule has 0 saturated heterocycles. The Morgan fingerprint density at radius 3 is 2.96 bits per heavy atom. The van der Waals surface area contributed by atoms with Crippen molar-refractivity contribution in [2.24, 2.45) is 0 Å². The highest BCUT2D eigenvalue weighted by Crippen LogP contribution is 2.13. The Hall–Kier alpha value is -2.81.